The van der Waals surface area contributed by atoms with Gasteiger partial charge in [-0.25, -0.2) is 4.98 Å². The van der Waals surface area contributed by atoms with Gasteiger partial charge in [0.05, 0.1) is 19.0 Å². The zero-order chi connectivity index (χ0) is 28.9. The van der Waals surface area contributed by atoms with Gasteiger partial charge in [-0.1, -0.05) is 69.2 Å². The molecule has 0 spiro atoms. The van der Waals surface area contributed by atoms with Crippen LogP contribution >= 0.6 is 0 Å². The summed E-state index contributed by atoms with van der Waals surface area (Å²) in [6.45, 7) is 21.5. The zero-order valence-electron chi connectivity index (χ0n) is 24.9. The highest BCUT2D eigenvalue weighted by Crippen LogP contribution is 2.48. The van der Waals surface area contributed by atoms with Gasteiger partial charge in [-0.2, -0.15) is 4.98 Å². The fourth-order valence-electron chi connectivity index (χ4n) is 5.80. The molecule has 2 N–H and O–H groups in total. The second-order valence-electron chi connectivity index (χ2n) is 12.4. The van der Waals surface area contributed by atoms with Crippen molar-refractivity contribution in [3.63, 3.8) is 0 Å². The number of aromatic amines is 1. The molecule has 2 fully saturated rings. The van der Waals surface area contributed by atoms with E-state index in [4.69, 9.17) is 17.7 Å². The molecular formula is C26H45N5O6Si2. The molecule has 2 aromatic rings. The first-order chi connectivity index (χ1) is 18.2. The van der Waals surface area contributed by atoms with Gasteiger partial charge in [0.25, 0.3) is 5.56 Å². The van der Waals surface area contributed by atoms with Crippen LogP contribution in [0, 0.1) is 5.92 Å². The number of imidazole rings is 1. The third kappa shape index (κ3) is 5.41. The third-order valence-electron chi connectivity index (χ3n) is 8.04. The number of amides is 1. The average Bonchev–Trinajstić information content (AvgIpc) is 3.42. The summed E-state index contributed by atoms with van der Waals surface area (Å²) in [7, 11) is -5.44. The van der Waals surface area contributed by atoms with Crippen molar-refractivity contribution >= 4 is 40.1 Å². The van der Waals surface area contributed by atoms with E-state index in [1.165, 1.54) is 0 Å². The van der Waals surface area contributed by atoms with Crippen LogP contribution in [0.5, 0.6) is 0 Å². The first-order valence-electron chi connectivity index (χ1n) is 14.2. The predicted octanol–water partition coefficient (Wildman–Crippen LogP) is 4.96. The molecule has 13 heteroatoms. The van der Waals surface area contributed by atoms with Crippen LogP contribution in [0.25, 0.3) is 11.2 Å². The van der Waals surface area contributed by atoms with Crippen LogP contribution in [0.15, 0.2) is 11.1 Å². The highest BCUT2D eigenvalue weighted by Gasteiger charge is 2.60. The minimum absolute atomic E-state index is 0.0765. The molecule has 1 amide bonds. The van der Waals surface area contributed by atoms with Crippen molar-refractivity contribution in [3.8, 4) is 0 Å². The number of carbonyl (C=O) groups is 1. The number of hydrogen-bond acceptors (Lipinski definition) is 8. The van der Waals surface area contributed by atoms with Crippen molar-refractivity contribution in [2.45, 2.75) is 116 Å². The molecule has 0 bridgehead atoms. The normalized spacial score (nSPS) is 25.1. The van der Waals surface area contributed by atoms with Crippen molar-refractivity contribution < 1.29 is 22.5 Å². The lowest BCUT2D eigenvalue weighted by atomic mass is 10.2. The van der Waals surface area contributed by atoms with Gasteiger partial charge in [-0.15, -0.1) is 0 Å². The molecule has 11 nitrogen and oxygen atoms in total. The minimum Gasteiger partial charge on any atom is -0.414 e. The van der Waals surface area contributed by atoms with Gasteiger partial charge < -0.3 is 17.7 Å². The van der Waals surface area contributed by atoms with Crippen molar-refractivity contribution in [2.75, 3.05) is 11.9 Å². The molecule has 4 rings (SSSR count). The summed E-state index contributed by atoms with van der Waals surface area (Å²) in [5.41, 5.74) is 1.04. The quantitative estimate of drug-likeness (QED) is 0.441. The summed E-state index contributed by atoms with van der Waals surface area (Å²) < 4.78 is 29.4. The third-order valence-corrected chi connectivity index (χ3v) is 18.3. The van der Waals surface area contributed by atoms with Crippen molar-refractivity contribution in [1.82, 2.24) is 19.5 Å². The number of nitrogens with one attached hydrogen (secondary N) is 2. The number of nitrogens with zero attached hydrogens (tertiary/aromatic N) is 3. The topological polar surface area (TPSA) is 130 Å². The molecule has 0 unspecified atom stereocenters. The lowest BCUT2D eigenvalue weighted by Crippen LogP contribution is -2.65. The van der Waals surface area contributed by atoms with E-state index < -0.39 is 28.9 Å². The summed E-state index contributed by atoms with van der Waals surface area (Å²) in [6.07, 6.45) is 1.07. The number of aromatic nitrogens is 4. The molecule has 218 valence electrons. The number of H-pyrrole nitrogens is 1. The molecule has 0 aromatic carbocycles. The Hall–Kier alpha value is -1.91. The number of anilines is 1. The molecule has 2 aliphatic heterocycles. The molecule has 0 radical (unpaired) electrons. The van der Waals surface area contributed by atoms with E-state index in [1.807, 2.05) is 0 Å². The van der Waals surface area contributed by atoms with E-state index in [1.54, 1.807) is 24.7 Å². The second kappa shape index (κ2) is 11.2. The van der Waals surface area contributed by atoms with Crippen molar-refractivity contribution in [2.24, 2.45) is 5.92 Å². The van der Waals surface area contributed by atoms with E-state index >= 15 is 0 Å². The lowest BCUT2D eigenvalue weighted by molar-refractivity contribution is -0.118. The Morgan fingerprint density at radius 3 is 2.18 bits per heavy atom. The Bertz CT molecular complexity index is 1230. The molecule has 39 heavy (non-hydrogen) atoms. The highest BCUT2D eigenvalue weighted by atomic mass is 28.5. The molecule has 2 saturated heterocycles. The number of rotatable bonds is 7. The summed E-state index contributed by atoms with van der Waals surface area (Å²) in [5.74, 6) is -0.414. The first-order valence-corrected chi connectivity index (χ1v) is 18.1. The maximum absolute atomic E-state index is 13.1. The van der Waals surface area contributed by atoms with E-state index in [0.717, 1.165) is 0 Å². The second-order valence-corrected chi connectivity index (χ2v) is 21.2. The van der Waals surface area contributed by atoms with Gasteiger partial charge in [-0.05, 0) is 22.2 Å². The van der Waals surface area contributed by atoms with Crippen LogP contribution in [0.3, 0.4) is 0 Å². The number of hydrogen-bond donors (Lipinski definition) is 2. The Morgan fingerprint density at radius 1 is 1.00 bits per heavy atom. The Labute approximate surface area is 232 Å². The number of fused-ring (bicyclic) bond motifs is 2. The molecule has 0 aliphatic carbocycles. The Kier molecular flexibility index (Phi) is 8.61. The van der Waals surface area contributed by atoms with Crippen molar-refractivity contribution in [3.05, 3.63) is 16.7 Å². The molecule has 4 heterocycles. The molecule has 2 aliphatic rings. The van der Waals surface area contributed by atoms with E-state index in [0.29, 0.717) is 18.5 Å². The summed E-state index contributed by atoms with van der Waals surface area (Å²) in [6, 6.07) is 0. The van der Waals surface area contributed by atoms with Crippen molar-refractivity contribution in [1.29, 1.82) is 0 Å². The zero-order valence-corrected chi connectivity index (χ0v) is 26.9. The summed E-state index contributed by atoms with van der Waals surface area (Å²) in [5, 5.41) is 2.64. The predicted molar refractivity (Wildman–Crippen MR) is 154 cm³/mol. The van der Waals surface area contributed by atoms with Gasteiger partial charge >= 0.3 is 17.1 Å². The monoisotopic (exact) mass is 579 g/mol. The van der Waals surface area contributed by atoms with Crippen LogP contribution in [0.2, 0.25) is 22.2 Å². The van der Waals surface area contributed by atoms with Crippen LogP contribution in [-0.4, -0.2) is 61.4 Å². The summed E-state index contributed by atoms with van der Waals surface area (Å²) >= 11 is 0. The maximum atomic E-state index is 13.1. The van der Waals surface area contributed by atoms with Gasteiger partial charge in [0.15, 0.2) is 11.2 Å². The largest absolute Gasteiger partial charge is 0.414 e. The van der Waals surface area contributed by atoms with Crippen LogP contribution < -0.4 is 10.9 Å². The fourth-order valence-corrected chi connectivity index (χ4v) is 17.0. The number of ether oxygens (including phenoxy) is 1. The standard InChI is InChI=1S/C26H45N5O6Si2/c1-14(2)24(32)29-26-28-23-22(25(33)30-26)31(13-27-23)21-11-19-20(35-21)12-34-38(15(3)4,16(5)6)37-39(36-19,17(7)8)18(9)10/h13-21H,11-12H2,1-10H3,(H2,28,29,30,32,33)/t19-,20+,21+/m0/s1. The summed E-state index contributed by atoms with van der Waals surface area (Å²) in [4.78, 5) is 36.6. The van der Waals surface area contributed by atoms with E-state index in [9.17, 15) is 9.59 Å². The van der Waals surface area contributed by atoms with Crippen LogP contribution in [0.4, 0.5) is 5.95 Å². The Morgan fingerprint density at radius 2 is 1.62 bits per heavy atom. The fraction of sp³-hybridized carbons (Fsp3) is 0.769. The molecular weight excluding hydrogens is 534 g/mol. The molecule has 0 saturated carbocycles. The van der Waals surface area contributed by atoms with Gasteiger partial charge in [0.1, 0.15) is 12.3 Å². The van der Waals surface area contributed by atoms with Gasteiger partial charge in [0, 0.05) is 12.3 Å². The average molecular weight is 580 g/mol. The van der Waals surface area contributed by atoms with E-state index in [2.05, 4.69) is 75.7 Å². The highest BCUT2D eigenvalue weighted by molar-refractivity contribution is 6.83. The maximum Gasteiger partial charge on any atom is 0.335 e. The van der Waals surface area contributed by atoms with Gasteiger partial charge in [0.2, 0.25) is 11.9 Å². The Balaban J connectivity index is 1.69. The number of carbonyl (C=O) groups excluding carboxylic acids is 1. The SMILES string of the molecule is CC(C)C(=O)Nc1nc2ncn([C@H]3C[C@@H]4O[Si](C(C)C)(C(C)C)O[Si](C(C)C)(C(C)C)OC[C@H]4O3)c2c(=O)[nH]1. The van der Waals surface area contributed by atoms with Crippen LogP contribution in [0.1, 0.15) is 81.9 Å². The smallest absolute Gasteiger partial charge is 0.335 e. The van der Waals surface area contributed by atoms with Crippen LogP contribution in [-0.2, 0) is 22.5 Å². The van der Waals surface area contributed by atoms with Gasteiger partial charge in [-0.3, -0.25) is 24.5 Å². The minimum atomic E-state index is -2.77. The first kappa shape index (κ1) is 30.1. The molecule has 3 atom stereocenters. The van der Waals surface area contributed by atoms with E-state index in [-0.39, 0.29) is 57.8 Å². The molecule has 2 aromatic heterocycles. The lowest BCUT2D eigenvalue weighted by Gasteiger charge is -2.51.